The normalized spacial score (nSPS) is 12.5. The molecule has 0 aromatic heterocycles. The number of benzene rings is 1. The molecule has 0 atom stereocenters. The van der Waals surface area contributed by atoms with Crippen LogP contribution in [-0.2, 0) is 10.2 Å². The molecule has 0 radical (unpaired) electrons. The maximum absolute atomic E-state index is 12.6. The quantitative estimate of drug-likeness (QED) is 0.758. The van der Waals surface area contributed by atoms with E-state index in [0.29, 0.717) is 5.92 Å². The molecule has 0 heterocycles. The van der Waals surface area contributed by atoms with Crippen LogP contribution in [0.25, 0.3) is 6.08 Å². The monoisotopic (exact) mass is 242 g/mol. The molecule has 1 aromatic rings. The number of hydrogen-bond acceptors (Lipinski definition) is 2. The second-order valence-electron chi connectivity index (χ2n) is 4.04. The molecule has 0 aliphatic carbocycles. The van der Waals surface area contributed by atoms with E-state index in [1.54, 1.807) is 12.1 Å². The molecule has 2 nitrogen and oxygen atoms in total. The Hall–Kier alpha value is -1.16. The molecule has 0 unspecified atom stereocenters. The third kappa shape index (κ3) is 4.14. The Morgan fingerprint density at radius 3 is 2.25 bits per heavy atom. The van der Waals surface area contributed by atoms with Gasteiger partial charge in [-0.25, -0.2) is 0 Å². The lowest BCUT2D eigenvalue weighted by Gasteiger charge is -1.98. The van der Waals surface area contributed by atoms with E-state index in [9.17, 15) is 12.3 Å². The van der Waals surface area contributed by atoms with Crippen molar-refractivity contribution in [1.29, 1.82) is 0 Å². The third-order valence-corrected chi connectivity index (χ3v) is 2.91. The average molecular weight is 242 g/mol. The number of hydrogen-bond donors (Lipinski definition) is 0. The van der Waals surface area contributed by atoms with Crippen molar-refractivity contribution in [3.63, 3.8) is 0 Å². The summed E-state index contributed by atoms with van der Waals surface area (Å²) in [5.74, 6) is 0.585. The lowest BCUT2D eigenvalue weighted by Crippen LogP contribution is -1.90. The summed E-state index contributed by atoms with van der Waals surface area (Å²) in [5, 5.41) is 0. The highest BCUT2D eigenvalue weighted by molar-refractivity contribution is 7.86. The number of rotatable bonds is 4. The van der Waals surface area contributed by atoms with E-state index in [4.69, 9.17) is 0 Å². The van der Waals surface area contributed by atoms with E-state index in [0.717, 1.165) is 12.0 Å². The fourth-order valence-corrected chi connectivity index (χ4v) is 1.68. The largest absolute Gasteiger partial charge is 0.332 e. The Morgan fingerprint density at radius 2 is 1.81 bits per heavy atom. The van der Waals surface area contributed by atoms with Gasteiger partial charge in [0.1, 0.15) is 0 Å². The summed E-state index contributed by atoms with van der Waals surface area (Å²) < 4.78 is 33.7. The highest BCUT2D eigenvalue weighted by atomic mass is 32.3. The molecule has 0 saturated carbocycles. The van der Waals surface area contributed by atoms with Gasteiger partial charge in [0, 0.05) is 0 Å². The smallest absolute Gasteiger partial charge is 0.189 e. The van der Waals surface area contributed by atoms with Crippen LogP contribution in [0.4, 0.5) is 3.89 Å². The van der Waals surface area contributed by atoms with Crippen molar-refractivity contribution in [3.05, 3.63) is 35.9 Å². The first-order chi connectivity index (χ1) is 7.39. The summed E-state index contributed by atoms with van der Waals surface area (Å²) in [6.07, 6.45) is 4.88. The van der Waals surface area contributed by atoms with Crippen molar-refractivity contribution >= 4 is 16.3 Å². The van der Waals surface area contributed by atoms with Gasteiger partial charge in [0.25, 0.3) is 0 Å². The molecule has 0 N–H and O–H groups in total. The molecular formula is C12H15FO2S. The van der Waals surface area contributed by atoms with Gasteiger partial charge in [0.15, 0.2) is 0 Å². The van der Waals surface area contributed by atoms with Gasteiger partial charge in [-0.2, -0.15) is 8.42 Å². The Morgan fingerprint density at radius 1 is 1.25 bits per heavy atom. The summed E-state index contributed by atoms with van der Waals surface area (Å²) in [6, 6.07) is 5.71. The zero-order chi connectivity index (χ0) is 12.2. The molecule has 0 saturated heterocycles. The second-order valence-corrected chi connectivity index (χ2v) is 5.39. The highest BCUT2D eigenvalue weighted by Gasteiger charge is 2.09. The molecular weight excluding hydrogens is 227 g/mol. The standard InChI is InChI=1S/C12H15FO2S/c1-10(2)4-3-5-11-6-8-12(9-7-11)16(13,14)15/h3,5-10H,4H2,1-2H3/b5-3+. The molecule has 88 valence electrons. The maximum Gasteiger partial charge on any atom is 0.332 e. The van der Waals surface area contributed by atoms with Gasteiger partial charge in [0.2, 0.25) is 0 Å². The minimum atomic E-state index is -4.58. The number of halogens is 1. The van der Waals surface area contributed by atoms with E-state index in [1.165, 1.54) is 12.1 Å². The van der Waals surface area contributed by atoms with Crippen molar-refractivity contribution in [2.24, 2.45) is 5.92 Å². The van der Waals surface area contributed by atoms with Gasteiger partial charge in [-0.3, -0.25) is 0 Å². The van der Waals surface area contributed by atoms with Crippen LogP contribution < -0.4 is 0 Å². The zero-order valence-electron chi connectivity index (χ0n) is 9.35. The molecule has 0 aliphatic heterocycles. The van der Waals surface area contributed by atoms with Gasteiger partial charge in [-0.1, -0.05) is 38.1 Å². The molecule has 4 heteroatoms. The predicted molar refractivity (Wildman–Crippen MR) is 63.2 cm³/mol. The van der Waals surface area contributed by atoms with Crippen LogP contribution in [0.3, 0.4) is 0 Å². The fraction of sp³-hybridized carbons (Fsp3) is 0.333. The van der Waals surface area contributed by atoms with Crippen LogP contribution in [0, 0.1) is 5.92 Å². The van der Waals surface area contributed by atoms with Crippen molar-refractivity contribution < 1.29 is 12.3 Å². The van der Waals surface area contributed by atoms with Crippen LogP contribution in [0.15, 0.2) is 35.2 Å². The van der Waals surface area contributed by atoms with Crippen LogP contribution in [0.1, 0.15) is 25.8 Å². The molecule has 0 bridgehead atoms. The van der Waals surface area contributed by atoms with Gasteiger partial charge in [0.05, 0.1) is 4.90 Å². The minimum absolute atomic E-state index is 0.298. The Kier molecular flexibility index (Phi) is 4.24. The summed E-state index contributed by atoms with van der Waals surface area (Å²) in [7, 11) is -4.58. The van der Waals surface area contributed by atoms with E-state index in [1.807, 2.05) is 12.2 Å². The maximum atomic E-state index is 12.6. The summed E-state index contributed by atoms with van der Waals surface area (Å²) in [5.41, 5.74) is 0.869. The first-order valence-corrected chi connectivity index (χ1v) is 6.49. The van der Waals surface area contributed by atoms with E-state index >= 15 is 0 Å². The molecule has 0 aliphatic rings. The van der Waals surface area contributed by atoms with Gasteiger partial charge in [-0.05, 0) is 30.0 Å². The topological polar surface area (TPSA) is 34.1 Å². The first-order valence-electron chi connectivity index (χ1n) is 5.11. The minimum Gasteiger partial charge on any atom is -0.189 e. The fourth-order valence-electron chi connectivity index (χ4n) is 1.22. The molecule has 1 rings (SSSR count). The van der Waals surface area contributed by atoms with Gasteiger partial charge < -0.3 is 0 Å². The van der Waals surface area contributed by atoms with E-state index in [2.05, 4.69) is 13.8 Å². The molecule has 0 fully saturated rings. The van der Waals surface area contributed by atoms with Gasteiger partial charge >= 0.3 is 10.2 Å². The molecule has 16 heavy (non-hydrogen) atoms. The summed E-state index contributed by atoms with van der Waals surface area (Å²) in [4.78, 5) is -0.298. The van der Waals surface area contributed by atoms with E-state index in [-0.39, 0.29) is 4.90 Å². The molecule has 0 amide bonds. The lowest BCUT2D eigenvalue weighted by molar-refractivity contribution is 0.552. The zero-order valence-corrected chi connectivity index (χ0v) is 10.2. The first kappa shape index (κ1) is 12.9. The Bertz CT molecular complexity index is 458. The van der Waals surface area contributed by atoms with Crippen molar-refractivity contribution in [2.45, 2.75) is 25.2 Å². The third-order valence-electron chi connectivity index (χ3n) is 2.08. The predicted octanol–water partition coefficient (Wildman–Crippen LogP) is 3.40. The van der Waals surface area contributed by atoms with Crippen molar-refractivity contribution in [2.75, 3.05) is 0 Å². The van der Waals surface area contributed by atoms with Crippen LogP contribution in [-0.4, -0.2) is 8.42 Å². The van der Waals surface area contributed by atoms with Crippen LogP contribution >= 0.6 is 0 Å². The van der Waals surface area contributed by atoms with Gasteiger partial charge in [-0.15, -0.1) is 3.89 Å². The molecule has 0 spiro atoms. The lowest BCUT2D eigenvalue weighted by atomic mass is 10.1. The highest BCUT2D eigenvalue weighted by Crippen LogP contribution is 2.14. The van der Waals surface area contributed by atoms with Crippen LogP contribution in [0.2, 0.25) is 0 Å². The number of allylic oxidation sites excluding steroid dienone is 1. The van der Waals surface area contributed by atoms with Crippen LogP contribution in [0.5, 0.6) is 0 Å². The summed E-state index contributed by atoms with van der Waals surface area (Å²) >= 11 is 0. The van der Waals surface area contributed by atoms with E-state index < -0.39 is 10.2 Å². The summed E-state index contributed by atoms with van der Waals surface area (Å²) in [6.45, 7) is 4.23. The average Bonchev–Trinajstić information content (AvgIpc) is 2.16. The Balaban J connectivity index is 2.76. The second kappa shape index (κ2) is 5.25. The van der Waals surface area contributed by atoms with Crippen molar-refractivity contribution in [1.82, 2.24) is 0 Å². The molecule has 1 aromatic carbocycles. The SMILES string of the molecule is CC(C)C/C=C/c1ccc(S(=O)(=O)F)cc1. The van der Waals surface area contributed by atoms with Crippen molar-refractivity contribution in [3.8, 4) is 0 Å². The Labute approximate surface area is 96.0 Å².